The molecule has 104 valence electrons. The summed E-state index contributed by atoms with van der Waals surface area (Å²) >= 11 is 0. The Bertz CT molecular complexity index is 455. The lowest BCUT2D eigenvalue weighted by atomic mass is 9.85. The highest BCUT2D eigenvalue weighted by Gasteiger charge is 2.24. The number of rotatable bonds is 5. The van der Waals surface area contributed by atoms with E-state index in [1.54, 1.807) is 23.1 Å². The molecule has 1 amide bonds. The van der Waals surface area contributed by atoms with E-state index in [-0.39, 0.29) is 5.91 Å². The fourth-order valence-corrected chi connectivity index (χ4v) is 2.38. The van der Waals surface area contributed by atoms with E-state index < -0.39 is 0 Å². The predicted octanol–water partition coefficient (Wildman–Crippen LogP) is 2.54. The van der Waals surface area contributed by atoms with Gasteiger partial charge in [-0.1, -0.05) is 12.5 Å². The molecule has 0 bridgehead atoms. The van der Waals surface area contributed by atoms with Crippen LogP contribution in [-0.4, -0.2) is 31.0 Å². The molecule has 0 radical (unpaired) electrons. The highest BCUT2D eigenvalue weighted by molar-refractivity contribution is 5.98. The van der Waals surface area contributed by atoms with Crippen molar-refractivity contribution >= 4 is 11.6 Å². The Kier molecular flexibility index (Phi) is 4.30. The zero-order valence-corrected chi connectivity index (χ0v) is 11.7. The van der Waals surface area contributed by atoms with Crippen LogP contribution in [-0.2, 0) is 0 Å². The molecular weight excluding hydrogens is 240 g/mol. The molecule has 4 nitrogen and oxygen atoms in total. The van der Waals surface area contributed by atoms with Gasteiger partial charge in [-0.2, -0.15) is 0 Å². The number of hydrogen-bond donors (Lipinski definition) is 1. The van der Waals surface area contributed by atoms with Gasteiger partial charge in [0.25, 0.3) is 5.91 Å². The number of amides is 1. The van der Waals surface area contributed by atoms with Crippen LogP contribution in [0.1, 0.15) is 36.5 Å². The Morgan fingerprint density at radius 1 is 1.47 bits per heavy atom. The van der Waals surface area contributed by atoms with E-state index in [1.165, 1.54) is 19.3 Å². The lowest BCUT2D eigenvalue weighted by Gasteiger charge is -2.30. The summed E-state index contributed by atoms with van der Waals surface area (Å²) in [5.41, 5.74) is 6.97. The third kappa shape index (κ3) is 3.00. The average Bonchev–Trinajstić information content (AvgIpc) is 2.35. The van der Waals surface area contributed by atoms with Gasteiger partial charge in [0.2, 0.25) is 0 Å². The van der Waals surface area contributed by atoms with Crippen LogP contribution in [0.4, 0.5) is 5.69 Å². The molecule has 1 aromatic rings. The average molecular weight is 262 g/mol. The van der Waals surface area contributed by atoms with Gasteiger partial charge in [-0.3, -0.25) is 4.79 Å². The minimum Gasteiger partial charge on any atom is -0.491 e. The first-order valence-electron chi connectivity index (χ1n) is 6.90. The lowest BCUT2D eigenvalue weighted by molar-refractivity contribution is 0.0741. The standard InChI is InChI=1S/C15H22N2O2/c1-3-19-14-12(8-5-9-13(14)16)15(18)17(2)10-11-6-4-7-11/h5,8-9,11H,3-4,6-7,10,16H2,1-2H3. The van der Waals surface area contributed by atoms with Gasteiger partial charge in [-0.15, -0.1) is 0 Å². The summed E-state index contributed by atoms with van der Waals surface area (Å²) in [5.74, 6) is 1.16. The van der Waals surface area contributed by atoms with E-state index in [4.69, 9.17) is 10.5 Å². The number of benzene rings is 1. The number of nitrogens with two attached hydrogens (primary N) is 1. The van der Waals surface area contributed by atoms with E-state index >= 15 is 0 Å². The maximum Gasteiger partial charge on any atom is 0.257 e. The topological polar surface area (TPSA) is 55.6 Å². The molecule has 0 heterocycles. The summed E-state index contributed by atoms with van der Waals surface area (Å²) in [6.07, 6.45) is 3.74. The van der Waals surface area contributed by atoms with Crippen LogP contribution in [0.3, 0.4) is 0 Å². The summed E-state index contributed by atoms with van der Waals surface area (Å²) in [5, 5.41) is 0. The van der Waals surface area contributed by atoms with E-state index in [1.807, 2.05) is 14.0 Å². The largest absolute Gasteiger partial charge is 0.491 e. The fourth-order valence-electron chi connectivity index (χ4n) is 2.38. The molecule has 19 heavy (non-hydrogen) atoms. The zero-order valence-electron chi connectivity index (χ0n) is 11.7. The Morgan fingerprint density at radius 2 is 2.21 bits per heavy atom. The van der Waals surface area contributed by atoms with Crippen molar-refractivity contribution in [2.45, 2.75) is 26.2 Å². The summed E-state index contributed by atoms with van der Waals surface area (Å²) in [6, 6.07) is 5.33. The molecule has 0 aromatic heterocycles. The van der Waals surface area contributed by atoms with Gasteiger partial charge in [-0.05, 0) is 37.8 Å². The summed E-state index contributed by atoms with van der Waals surface area (Å²) in [6.45, 7) is 3.21. The van der Waals surface area contributed by atoms with Gasteiger partial charge >= 0.3 is 0 Å². The molecule has 0 atom stereocenters. The second kappa shape index (κ2) is 5.95. The van der Waals surface area contributed by atoms with Crippen molar-refractivity contribution in [3.63, 3.8) is 0 Å². The SMILES string of the molecule is CCOc1c(N)cccc1C(=O)N(C)CC1CCC1. The Labute approximate surface area is 114 Å². The Morgan fingerprint density at radius 3 is 2.79 bits per heavy atom. The quantitative estimate of drug-likeness (QED) is 0.830. The molecule has 4 heteroatoms. The second-order valence-electron chi connectivity index (χ2n) is 5.14. The van der Waals surface area contributed by atoms with Crippen molar-refractivity contribution in [2.24, 2.45) is 5.92 Å². The molecule has 1 aliphatic rings. The van der Waals surface area contributed by atoms with Crippen molar-refractivity contribution < 1.29 is 9.53 Å². The number of hydrogen-bond acceptors (Lipinski definition) is 3. The van der Waals surface area contributed by atoms with Crippen LogP contribution in [0.25, 0.3) is 0 Å². The highest BCUT2D eigenvalue weighted by atomic mass is 16.5. The van der Waals surface area contributed by atoms with Crippen molar-refractivity contribution in [2.75, 3.05) is 25.9 Å². The first kappa shape index (κ1) is 13.7. The van der Waals surface area contributed by atoms with Gasteiger partial charge in [-0.25, -0.2) is 0 Å². The van der Waals surface area contributed by atoms with Gasteiger partial charge < -0.3 is 15.4 Å². The molecule has 2 N–H and O–H groups in total. The van der Waals surface area contributed by atoms with Crippen molar-refractivity contribution in [3.8, 4) is 5.75 Å². The Balaban J connectivity index is 2.14. The van der Waals surface area contributed by atoms with Crippen LogP contribution in [0.15, 0.2) is 18.2 Å². The maximum absolute atomic E-state index is 12.5. The van der Waals surface area contributed by atoms with E-state index in [9.17, 15) is 4.79 Å². The normalized spacial score (nSPS) is 14.8. The first-order chi connectivity index (χ1) is 9.13. The minimum atomic E-state index is -0.0114. The molecule has 1 aliphatic carbocycles. The number of anilines is 1. The summed E-state index contributed by atoms with van der Waals surface area (Å²) < 4.78 is 5.51. The lowest BCUT2D eigenvalue weighted by Crippen LogP contribution is -2.34. The maximum atomic E-state index is 12.5. The van der Waals surface area contributed by atoms with Gasteiger partial charge in [0.1, 0.15) is 0 Å². The van der Waals surface area contributed by atoms with Crippen molar-refractivity contribution in [1.82, 2.24) is 4.90 Å². The van der Waals surface area contributed by atoms with Gasteiger partial charge in [0.05, 0.1) is 17.9 Å². The molecular formula is C15H22N2O2. The molecule has 0 saturated heterocycles. The van der Waals surface area contributed by atoms with Crippen molar-refractivity contribution in [3.05, 3.63) is 23.8 Å². The molecule has 0 spiro atoms. The van der Waals surface area contributed by atoms with Crippen LogP contribution < -0.4 is 10.5 Å². The van der Waals surface area contributed by atoms with Gasteiger partial charge in [0.15, 0.2) is 5.75 Å². The zero-order chi connectivity index (χ0) is 13.8. The predicted molar refractivity (Wildman–Crippen MR) is 76.3 cm³/mol. The molecule has 0 unspecified atom stereocenters. The number of nitrogen functional groups attached to an aromatic ring is 1. The smallest absolute Gasteiger partial charge is 0.257 e. The van der Waals surface area contributed by atoms with E-state index in [2.05, 4.69) is 0 Å². The number of ether oxygens (including phenoxy) is 1. The summed E-state index contributed by atoms with van der Waals surface area (Å²) in [7, 11) is 1.85. The molecule has 2 rings (SSSR count). The first-order valence-corrected chi connectivity index (χ1v) is 6.90. The minimum absolute atomic E-state index is 0.0114. The fraction of sp³-hybridized carbons (Fsp3) is 0.533. The van der Waals surface area contributed by atoms with Crippen LogP contribution in [0, 0.1) is 5.92 Å². The highest BCUT2D eigenvalue weighted by Crippen LogP contribution is 2.30. The molecule has 1 fully saturated rings. The molecule has 0 aliphatic heterocycles. The van der Waals surface area contributed by atoms with Crippen LogP contribution >= 0.6 is 0 Å². The van der Waals surface area contributed by atoms with E-state index in [0.29, 0.717) is 29.5 Å². The third-order valence-corrected chi connectivity index (χ3v) is 3.67. The van der Waals surface area contributed by atoms with Crippen LogP contribution in [0.5, 0.6) is 5.75 Å². The Hall–Kier alpha value is -1.71. The van der Waals surface area contributed by atoms with Gasteiger partial charge in [0, 0.05) is 13.6 Å². The van der Waals surface area contributed by atoms with Crippen molar-refractivity contribution in [1.29, 1.82) is 0 Å². The number of para-hydroxylation sites is 1. The summed E-state index contributed by atoms with van der Waals surface area (Å²) in [4.78, 5) is 14.2. The van der Waals surface area contributed by atoms with E-state index in [0.717, 1.165) is 6.54 Å². The third-order valence-electron chi connectivity index (χ3n) is 3.67. The monoisotopic (exact) mass is 262 g/mol. The number of nitrogens with zero attached hydrogens (tertiary/aromatic N) is 1. The number of carbonyl (C=O) groups excluding carboxylic acids is 1. The molecule has 1 aromatic carbocycles. The molecule has 1 saturated carbocycles. The number of carbonyl (C=O) groups is 1. The second-order valence-corrected chi connectivity index (χ2v) is 5.14. The van der Waals surface area contributed by atoms with Crippen LogP contribution in [0.2, 0.25) is 0 Å².